The number of thioether (sulfide) groups is 1. The second kappa shape index (κ2) is 4.87. The first-order chi connectivity index (χ1) is 6.09. The number of nitrogens with zero attached hydrogens (tertiary/aromatic N) is 2. The van der Waals surface area contributed by atoms with Gasteiger partial charge in [0.2, 0.25) is 0 Å². The molecular formula is C6H3KN2O2S3. The van der Waals surface area contributed by atoms with Gasteiger partial charge in [-0.15, -0.1) is 0 Å². The Hall–Kier alpha value is 0.976. The van der Waals surface area contributed by atoms with Crippen LogP contribution in [0.4, 0.5) is 0 Å². The zero-order chi connectivity index (χ0) is 9.47. The van der Waals surface area contributed by atoms with Gasteiger partial charge in [-0.2, -0.15) is 12.8 Å². The molecule has 1 aliphatic heterocycles. The van der Waals surface area contributed by atoms with Crippen LogP contribution in [0.15, 0.2) is 32.6 Å². The van der Waals surface area contributed by atoms with Crippen molar-refractivity contribution in [1.82, 2.24) is 4.98 Å². The molecule has 1 aromatic heterocycles. The van der Waals surface area contributed by atoms with Gasteiger partial charge in [0.1, 0.15) is 4.90 Å². The number of aromatic nitrogens is 1. The van der Waals surface area contributed by atoms with Gasteiger partial charge in [0.25, 0.3) is 10.0 Å². The van der Waals surface area contributed by atoms with E-state index in [0.717, 1.165) is 11.8 Å². The third kappa shape index (κ3) is 2.56. The van der Waals surface area contributed by atoms with Crippen molar-refractivity contribution >= 4 is 38.8 Å². The van der Waals surface area contributed by atoms with E-state index in [2.05, 4.69) is 9.38 Å². The topological polar surface area (TPSA) is 59.4 Å². The second-order valence-electron chi connectivity index (χ2n) is 2.26. The normalized spacial score (nSPS) is 17.6. The van der Waals surface area contributed by atoms with Gasteiger partial charge in [0.05, 0.1) is 0 Å². The Balaban J connectivity index is 0.000000980. The summed E-state index contributed by atoms with van der Waals surface area (Å²) in [6.07, 6.45) is 2.80. The first kappa shape index (κ1) is 13.0. The van der Waals surface area contributed by atoms with Crippen molar-refractivity contribution in [2.75, 3.05) is 0 Å². The Labute approximate surface area is 134 Å². The molecule has 0 fully saturated rings. The monoisotopic (exact) mass is 270 g/mol. The van der Waals surface area contributed by atoms with Gasteiger partial charge in [-0.25, -0.2) is 0 Å². The molecule has 0 atom stereocenters. The van der Waals surface area contributed by atoms with Crippen molar-refractivity contribution in [2.45, 2.75) is 9.79 Å². The van der Waals surface area contributed by atoms with Crippen molar-refractivity contribution in [3.8, 4) is 0 Å². The number of rotatable bonds is 0. The maximum absolute atomic E-state index is 11.4. The van der Waals surface area contributed by atoms with Gasteiger partial charge in [-0.05, 0) is 10.4 Å². The summed E-state index contributed by atoms with van der Waals surface area (Å²) in [7, 11) is -3.59. The number of hydrogen-bond donors (Lipinski definition) is 0. The van der Waals surface area contributed by atoms with Crippen molar-refractivity contribution in [3.05, 3.63) is 18.5 Å². The molecule has 0 unspecified atom stereocenters. The number of fused-ring (bicyclic) bond motifs is 1. The molecule has 0 radical (unpaired) electrons. The average molecular weight is 270 g/mol. The molecule has 68 valence electrons. The SMILES string of the molecule is O=S1(=O)N=C([S-])Sc2ccncc21.[K+]. The van der Waals surface area contributed by atoms with E-state index in [1.807, 2.05) is 0 Å². The van der Waals surface area contributed by atoms with Crippen LogP contribution in [-0.4, -0.2) is 17.8 Å². The zero-order valence-electron chi connectivity index (χ0n) is 7.17. The Morgan fingerprint density at radius 2 is 2.14 bits per heavy atom. The van der Waals surface area contributed by atoms with Crippen LogP contribution in [0.5, 0.6) is 0 Å². The predicted octanol–water partition coefficient (Wildman–Crippen LogP) is -2.22. The van der Waals surface area contributed by atoms with Crippen LogP contribution >= 0.6 is 11.8 Å². The third-order valence-electron chi connectivity index (χ3n) is 1.42. The fraction of sp³-hybridized carbons (Fsp3) is 0. The number of sulfonamides is 1. The molecule has 2 rings (SSSR count). The Morgan fingerprint density at radius 1 is 1.43 bits per heavy atom. The Kier molecular flexibility index (Phi) is 4.54. The van der Waals surface area contributed by atoms with Crippen LogP contribution < -0.4 is 51.4 Å². The van der Waals surface area contributed by atoms with Gasteiger partial charge in [0, 0.05) is 17.3 Å². The molecule has 14 heavy (non-hydrogen) atoms. The molecule has 8 heteroatoms. The van der Waals surface area contributed by atoms with E-state index in [1.54, 1.807) is 6.07 Å². The standard InChI is InChI=1S/C6H4N2O2S3.K/c9-13(10)5-3-7-2-1-4(5)12-6(11)8-13;/h1-3H,(H,8,11);/q;+1/p-1. The van der Waals surface area contributed by atoms with Crippen LogP contribution in [0.3, 0.4) is 0 Å². The molecule has 0 bridgehead atoms. The summed E-state index contributed by atoms with van der Waals surface area (Å²) in [4.78, 5) is 4.45. The van der Waals surface area contributed by atoms with E-state index in [-0.39, 0.29) is 60.7 Å². The summed E-state index contributed by atoms with van der Waals surface area (Å²) in [5.41, 5.74) is 0. The van der Waals surface area contributed by atoms with Crippen molar-refractivity contribution in [3.63, 3.8) is 0 Å². The third-order valence-corrected chi connectivity index (χ3v) is 4.26. The molecule has 0 N–H and O–H groups in total. The molecule has 0 spiro atoms. The van der Waals surface area contributed by atoms with E-state index in [0.29, 0.717) is 4.90 Å². The Morgan fingerprint density at radius 3 is 2.86 bits per heavy atom. The molecule has 0 amide bonds. The molecule has 2 heterocycles. The van der Waals surface area contributed by atoms with Gasteiger partial charge in [-0.3, -0.25) is 4.98 Å². The van der Waals surface area contributed by atoms with Crippen LogP contribution in [0.2, 0.25) is 0 Å². The summed E-state index contributed by atoms with van der Waals surface area (Å²) >= 11 is 5.89. The van der Waals surface area contributed by atoms with E-state index < -0.39 is 10.0 Å². The minimum atomic E-state index is -3.59. The first-order valence-corrected chi connectivity index (χ1v) is 5.90. The van der Waals surface area contributed by atoms with E-state index >= 15 is 0 Å². The molecule has 1 aromatic rings. The summed E-state index contributed by atoms with van der Waals surface area (Å²) in [6.45, 7) is 0. The van der Waals surface area contributed by atoms with Crippen LogP contribution in [0.25, 0.3) is 0 Å². The van der Waals surface area contributed by atoms with E-state index in [9.17, 15) is 8.42 Å². The van der Waals surface area contributed by atoms with Crippen LogP contribution in [0.1, 0.15) is 0 Å². The molecular weight excluding hydrogens is 267 g/mol. The largest absolute Gasteiger partial charge is 1.00 e. The van der Waals surface area contributed by atoms with Crippen molar-refractivity contribution in [2.24, 2.45) is 4.40 Å². The average Bonchev–Trinajstić information content (AvgIpc) is 2.02. The minimum absolute atomic E-state index is 0. The Bertz CT molecular complexity index is 486. The maximum atomic E-state index is 11.4. The van der Waals surface area contributed by atoms with E-state index in [4.69, 9.17) is 12.6 Å². The molecule has 0 aromatic carbocycles. The predicted molar refractivity (Wildman–Crippen MR) is 52.1 cm³/mol. The summed E-state index contributed by atoms with van der Waals surface area (Å²) in [5.74, 6) is 0. The maximum Gasteiger partial charge on any atom is 1.00 e. The second-order valence-corrected chi connectivity index (χ2v) is 5.51. The number of hydrogen-bond acceptors (Lipinski definition) is 5. The summed E-state index contributed by atoms with van der Waals surface area (Å²) in [5, 5.41) is 0. The first-order valence-electron chi connectivity index (χ1n) is 3.23. The van der Waals surface area contributed by atoms with Crippen molar-refractivity contribution in [1.29, 1.82) is 0 Å². The fourth-order valence-electron chi connectivity index (χ4n) is 0.905. The fourth-order valence-corrected chi connectivity index (χ4v) is 3.63. The number of pyridine rings is 1. The smallest absolute Gasteiger partial charge is 0.752 e. The quantitative estimate of drug-likeness (QED) is 0.395. The van der Waals surface area contributed by atoms with Gasteiger partial charge in [-0.1, -0.05) is 11.8 Å². The van der Waals surface area contributed by atoms with Crippen LogP contribution in [-0.2, 0) is 22.7 Å². The molecule has 0 saturated heterocycles. The molecule has 0 aliphatic carbocycles. The zero-order valence-corrected chi connectivity index (χ0v) is 12.7. The van der Waals surface area contributed by atoms with Gasteiger partial charge in [0.15, 0.2) is 0 Å². The molecule has 4 nitrogen and oxygen atoms in total. The minimum Gasteiger partial charge on any atom is -0.752 e. The van der Waals surface area contributed by atoms with Gasteiger partial charge >= 0.3 is 51.4 Å². The van der Waals surface area contributed by atoms with Gasteiger partial charge < -0.3 is 12.6 Å². The van der Waals surface area contributed by atoms with E-state index in [1.165, 1.54) is 12.4 Å². The van der Waals surface area contributed by atoms with Crippen molar-refractivity contribution < 1.29 is 59.8 Å². The van der Waals surface area contributed by atoms with Crippen LogP contribution in [0, 0.1) is 0 Å². The molecule has 0 saturated carbocycles. The summed E-state index contributed by atoms with van der Waals surface area (Å²) in [6, 6.07) is 1.61. The summed E-state index contributed by atoms with van der Waals surface area (Å²) < 4.78 is 26.3. The molecule has 1 aliphatic rings.